The van der Waals surface area contributed by atoms with Gasteiger partial charge in [0.2, 0.25) is 0 Å². The molecule has 0 aliphatic carbocycles. The maximum atomic E-state index is 12.5. The van der Waals surface area contributed by atoms with Gasteiger partial charge in [0.1, 0.15) is 18.1 Å². The third kappa shape index (κ3) is 2.30. The summed E-state index contributed by atoms with van der Waals surface area (Å²) >= 11 is 0. The number of fused-ring (bicyclic) bond motifs is 1. The van der Waals surface area contributed by atoms with E-state index in [0.717, 1.165) is 5.56 Å². The van der Waals surface area contributed by atoms with Crippen LogP contribution in [-0.2, 0) is 0 Å². The van der Waals surface area contributed by atoms with Crippen molar-refractivity contribution in [1.82, 2.24) is 0 Å². The summed E-state index contributed by atoms with van der Waals surface area (Å²) in [6.07, 6.45) is 1.87. The number of ketones is 1. The summed E-state index contributed by atoms with van der Waals surface area (Å²) in [7, 11) is 1.58. The van der Waals surface area contributed by atoms with Crippen LogP contribution in [0.15, 0.2) is 54.1 Å². The van der Waals surface area contributed by atoms with E-state index in [1.165, 1.54) is 0 Å². The molecule has 0 amide bonds. The first-order valence-corrected chi connectivity index (χ1v) is 6.39. The van der Waals surface area contributed by atoms with Crippen LogP contribution < -0.4 is 9.47 Å². The lowest BCUT2D eigenvalue weighted by atomic mass is 9.98. The van der Waals surface area contributed by atoms with Gasteiger partial charge in [-0.2, -0.15) is 0 Å². The number of benzene rings is 2. The molecule has 1 aliphatic heterocycles. The highest BCUT2D eigenvalue weighted by molar-refractivity contribution is 6.14. The average Bonchev–Trinajstić information content (AvgIpc) is 2.51. The molecule has 0 bridgehead atoms. The number of Topliss-reactive ketones (excluding diaryl/α,β-unsaturated/α-hetero) is 1. The zero-order valence-electron chi connectivity index (χ0n) is 11.1. The fraction of sp³-hybridized carbons (Fsp3) is 0.118. The highest BCUT2D eigenvalue weighted by Gasteiger charge is 2.23. The Labute approximate surface area is 117 Å². The smallest absolute Gasteiger partial charge is 0.196 e. The maximum absolute atomic E-state index is 12.5. The number of ether oxygens (including phenoxy) is 2. The van der Waals surface area contributed by atoms with Crippen LogP contribution >= 0.6 is 0 Å². The molecular formula is C17H14O3. The third-order valence-corrected chi connectivity index (χ3v) is 3.25. The number of hydrogen-bond donors (Lipinski definition) is 0. The molecule has 3 nitrogen and oxygen atoms in total. The van der Waals surface area contributed by atoms with E-state index in [2.05, 4.69) is 0 Å². The predicted molar refractivity (Wildman–Crippen MR) is 77.2 cm³/mol. The summed E-state index contributed by atoms with van der Waals surface area (Å²) in [5.41, 5.74) is 2.19. The van der Waals surface area contributed by atoms with Gasteiger partial charge in [0.05, 0.1) is 12.7 Å². The number of rotatable bonds is 2. The lowest BCUT2D eigenvalue weighted by molar-refractivity contribution is 0.100. The molecule has 0 radical (unpaired) electrons. The van der Waals surface area contributed by atoms with Gasteiger partial charge in [0.15, 0.2) is 5.78 Å². The van der Waals surface area contributed by atoms with Gasteiger partial charge in [-0.25, -0.2) is 0 Å². The van der Waals surface area contributed by atoms with Gasteiger partial charge in [0.25, 0.3) is 0 Å². The molecule has 20 heavy (non-hydrogen) atoms. The van der Waals surface area contributed by atoms with Gasteiger partial charge in [-0.05, 0) is 29.8 Å². The largest absolute Gasteiger partial charge is 0.497 e. The molecule has 0 saturated heterocycles. The number of hydrogen-bond acceptors (Lipinski definition) is 3. The summed E-state index contributed by atoms with van der Waals surface area (Å²) in [5.74, 6) is 1.26. The first-order chi connectivity index (χ1) is 9.78. The monoisotopic (exact) mass is 266 g/mol. The van der Waals surface area contributed by atoms with Gasteiger partial charge in [-0.1, -0.05) is 30.3 Å². The zero-order chi connectivity index (χ0) is 13.9. The van der Waals surface area contributed by atoms with Crippen LogP contribution in [-0.4, -0.2) is 19.5 Å². The van der Waals surface area contributed by atoms with E-state index in [9.17, 15) is 4.79 Å². The van der Waals surface area contributed by atoms with E-state index in [4.69, 9.17) is 9.47 Å². The lowest BCUT2D eigenvalue weighted by Crippen LogP contribution is -2.19. The van der Waals surface area contributed by atoms with E-state index in [-0.39, 0.29) is 5.78 Å². The van der Waals surface area contributed by atoms with Gasteiger partial charge in [-0.15, -0.1) is 0 Å². The zero-order valence-corrected chi connectivity index (χ0v) is 11.1. The highest BCUT2D eigenvalue weighted by atomic mass is 16.5. The first kappa shape index (κ1) is 12.5. The second-order valence-electron chi connectivity index (χ2n) is 4.56. The van der Waals surface area contributed by atoms with E-state index >= 15 is 0 Å². The Balaban J connectivity index is 1.98. The van der Waals surface area contributed by atoms with E-state index < -0.39 is 0 Å². The van der Waals surface area contributed by atoms with Crippen LogP contribution in [0.3, 0.4) is 0 Å². The molecule has 0 atom stereocenters. The Morgan fingerprint density at radius 2 is 1.95 bits per heavy atom. The Kier molecular flexibility index (Phi) is 3.25. The Bertz CT molecular complexity index is 672. The fourth-order valence-electron chi connectivity index (χ4n) is 2.19. The molecular weight excluding hydrogens is 252 g/mol. The van der Waals surface area contributed by atoms with Crippen LogP contribution in [0.4, 0.5) is 0 Å². The van der Waals surface area contributed by atoms with Crippen molar-refractivity contribution in [1.29, 1.82) is 0 Å². The minimum Gasteiger partial charge on any atom is -0.497 e. The van der Waals surface area contributed by atoms with Crippen molar-refractivity contribution in [3.8, 4) is 11.5 Å². The van der Waals surface area contributed by atoms with Crippen molar-refractivity contribution in [2.45, 2.75) is 0 Å². The van der Waals surface area contributed by atoms with Crippen molar-refractivity contribution in [2.75, 3.05) is 13.7 Å². The first-order valence-electron chi connectivity index (χ1n) is 6.39. The Morgan fingerprint density at radius 1 is 1.15 bits per heavy atom. The second kappa shape index (κ2) is 5.21. The minimum atomic E-state index is -0.00555. The van der Waals surface area contributed by atoms with Crippen molar-refractivity contribution < 1.29 is 14.3 Å². The fourth-order valence-corrected chi connectivity index (χ4v) is 2.19. The molecule has 2 aromatic rings. The molecule has 0 saturated carbocycles. The molecule has 100 valence electrons. The van der Waals surface area contributed by atoms with Crippen molar-refractivity contribution in [3.63, 3.8) is 0 Å². The minimum absolute atomic E-state index is 0.00555. The summed E-state index contributed by atoms with van der Waals surface area (Å²) < 4.78 is 10.8. The highest BCUT2D eigenvalue weighted by Crippen LogP contribution is 2.31. The molecule has 0 fully saturated rings. The van der Waals surface area contributed by atoms with E-state index in [1.807, 2.05) is 36.4 Å². The Morgan fingerprint density at radius 3 is 2.70 bits per heavy atom. The average molecular weight is 266 g/mol. The molecule has 1 heterocycles. The standard InChI is InChI=1S/C17H14O3/c1-19-14-7-8-16-15(10-14)17(18)13(11-20-16)9-12-5-3-2-4-6-12/h2-10H,11H2,1H3/b13-9+. The molecule has 3 heteroatoms. The van der Waals surface area contributed by atoms with Crippen LogP contribution in [0.2, 0.25) is 0 Å². The summed E-state index contributed by atoms with van der Waals surface area (Å²) in [6, 6.07) is 15.0. The van der Waals surface area contributed by atoms with Gasteiger partial charge >= 0.3 is 0 Å². The Hall–Kier alpha value is -2.55. The molecule has 0 aromatic heterocycles. The summed E-state index contributed by atoms with van der Waals surface area (Å²) in [5, 5.41) is 0. The van der Waals surface area contributed by atoms with Gasteiger partial charge < -0.3 is 9.47 Å². The number of methoxy groups -OCH3 is 1. The predicted octanol–water partition coefficient (Wildman–Crippen LogP) is 3.35. The van der Waals surface area contributed by atoms with Crippen LogP contribution in [0, 0.1) is 0 Å². The van der Waals surface area contributed by atoms with Crippen molar-refractivity contribution >= 4 is 11.9 Å². The SMILES string of the molecule is COc1ccc2c(c1)C(=O)/C(=C/c1ccccc1)CO2. The van der Waals surface area contributed by atoms with Crippen LogP contribution in [0.1, 0.15) is 15.9 Å². The van der Waals surface area contributed by atoms with Crippen LogP contribution in [0.5, 0.6) is 11.5 Å². The lowest BCUT2D eigenvalue weighted by Gasteiger charge is -2.19. The van der Waals surface area contributed by atoms with Gasteiger partial charge in [-0.3, -0.25) is 4.79 Å². The molecule has 0 spiro atoms. The topological polar surface area (TPSA) is 35.5 Å². The van der Waals surface area contributed by atoms with E-state index in [0.29, 0.717) is 29.2 Å². The molecule has 3 rings (SSSR count). The summed E-state index contributed by atoms with van der Waals surface area (Å²) in [6.45, 7) is 0.299. The third-order valence-electron chi connectivity index (χ3n) is 3.25. The van der Waals surface area contributed by atoms with Crippen LogP contribution in [0.25, 0.3) is 6.08 Å². The molecule has 1 aliphatic rings. The second-order valence-corrected chi connectivity index (χ2v) is 4.56. The molecule has 0 N–H and O–H groups in total. The molecule has 0 unspecified atom stereocenters. The van der Waals surface area contributed by atoms with Crippen molar-refractivity contribution in [2.24, 2.45) is 0 Å². The molecule has 2 aromatic carbocycles. The maximum Gasteiger partial charge on any atom is 0.196 e. The van der Waals surface area contributed by atoms with E-state index in [1.54, 1.807) is 25.3 Å². The van der Waals surface area contributed by atoms with Crippen molar-refractivity contribution in [3.05, 3.63) is 65.2 Å². The van der Waals surface area contributed by atoms with Gasteiger partial charge in [0, 0.05) is 5.57 Å². The summed E-state index contributed by atoms with van der Waals surface area (Å²) in [4.78, 5) is 12.5. The number of carbonyl (C=O) groups is 1. The normalized spacial score (nSPS) is 15.7. The quantitative estimate of drug-likeness (QED) is 0.782. The number of carbonyl (C=O) groups excluding carboxylic acids is 1.